The molecule has 0 aromatic carbocycles. The molecule has 1 rings (SSSR count). The fourth-order valence-electron chi connectivity index (χ4n) is 0.807. The highest BCUT2D eigenvalue weighted by atomic mass is 32.1. The molecule has 0 bridgehead atoms. The minimum atomic E-state index is -0.755. The molecule has 0 amide bonds. The molecule has 1 heterocycles. The van der Waals surface area contributed by atoms with Gasteiger partial charge in [0.2, 0.25) is 0 Å². The average molecular weight is 183 g/mol. The van der Waals surface area contributed by atoms with Gasteiger partial charge < -0.3 is 5.11 Å². The number of nitrogens with zero attached hydrogens (tertiary/aromatic N) is 3. The molecular weight excluding hydrogens is 174 g/mol. The maximum atomic E-state index is 9.57. The van der Waals surface area contributed by atoms with Crippen LogP contribution in [0.2, 0.25) is 0 Å². The summed E-state index contributed by atoms with van der Waals surface area (Å²) >= 11 is 1.14. The van der Waals surface area contributed by atoms with Crippen molar-refractivity contribution in [3.05, 3.63) is 10.6 Å². The van der Waals surface area contributed by atoms with Gasteiger partial charge in [-0.25, -0.2) is 0 Å². The van der Waals surface area contributed by atoms with Crippen LogP contribution < -0.4 is 0 Å². The van der Waals surface area contributed by atoms with Crippen molar-refractivity contribution in [1.29, 1.82) is 5.26 Å². The molecule has 0 fully saturated rings. The van der Waals surface area contributed by atoms with E-state index < -0.39 is 12.0 Å². The van der Waals surface area contributed by atoms with E-state index in [1.54, 1.807) is 13.8 Å². The van der Waals surface area contributed by atoms with Gasteiger partial charge in [-0.15, -0.1) is 5.10 Å². The Labute approximate surface area is 74.6 Å². The van der Waals surface area contributed by atoms with Crippen LogP contribution in [0.25, 0.3) is 0 Å². The van der Waals surface area contributed by atoms with E-state index in [1.165, 1.54) is 0 Å². The zero-order valence-corrected chi connectivity index (χ0v) is 7.67. The van der Waals surface area contributed by atoms with Gasteiger partial charge in [-0.2, -0.15) is 5.26 Å². The standard InChI is InChI=1S/C7H9N3OS/c1-4(3-8)6(11)7-5(2)9-10-12-7/h4,6,11H,1-2H3. The molecule has 2 unspecified atom stereocenters. The van der Waals surface area contributed by atoms with Crippen molar-refractivity contribution < 1.29 is 5.11 Å². The lowest BCUT2D eigenvalue weighted by atomic mass is 10.0. The number of aliphatic hydroxyl groups is 1. The zero-order chi connectivity index (χ0) is 9.14. The molecule has 5 heteroatoms. The smallest absolute Gasteiger partial charge is 0.107 e. The van der Waals surface area contributed by atoms with E-state index >= 15 is 0 Å². The van der Waals surface area contributed by atoms with Crippen molar-refractivity contribution in [2.45, 2.75) is 20.0 Å². The Kier molecular flexibility index (Phi) is 2.74. The molecule has 0 saturated carbocycles. The first-order valence-electron chi connectivity index (χ1n) is 3.53. The van der Waals surface area contributed by atoms with E-state index in [0.29, 0.717) is 10.6 Å². The topological polar surface area (TPSA) is 69.8 Å². The van der Waals surface area contributed by atoms with Gasteiger partial charge in [0.05, 0.1) is 22.6 Å². The van der Waals surface area contributed by atoms with Crippen LogP contribution in [0.4, 0.5) is 0 Å². The van der Waals surface area contributed by atoms with E-state index in [4.69, 9.17) is 5.26 Å². The number of rotatable bonds is 2. The van der Waals surface area contributed by atoms with Crippen LogP contribution in [0.15, 0.2) is 0 Å². The fourth-order valence-corrected chi connectivity index (χ4v) is 1.54. The van der Waals surface area contributed by atoms with Crippen LogP contribution in [-0.4, -0.2) is 14.7 Å². The Balaban J connectivity index is 2.86. The summed E-state index contributed by atoms with van der Waals surface area (Å²) in [5.74, 6) is -0.411. The predicted molar refractivity (Wildman–Crippen MR) is 44.4 cm³/mol. The highest BCUT2D eigenvalue weighted by molar-refractivity contribution is 7.05. The number of aromatic nitrogens is 2. The van der Waals surface area contributed by atoms with Crippen molar-refractivity contribution >= 4 is 11.5 Å². The van der Waals surface area contributed by atoms with Crippen molar-refractivity contribution in [1.82, 2.24) is 9.59 Å². The molecule has 0 aliphatic rings. The summed E-state index contributed by atoms with van der Waals surface area (Å²) in [5.41, 5.74) is 0.703. The first kappa shape index (κ1) is 9.10. The first-order valence-corrected chi connectivity index (χ1v) is 4.30. The van der Waals surface area contributed by atoms with Crippen LogP contribution in [0.5, 0.6) is 0 Å². The monoisotopic (exact) mass is 183 g/mol. The van der Waals surface area contributed by atoms with Crippen molar-refractivity contribution in [2.24, 2.45) is 5.92 Å². The molecule has 4 nitrogen and oxygen atoms in total. The molecule has 0 radical (unpaired) electrons. The second-order valence-electron chi connectivity index (χ2n) is 2.59. The van der Waals surface area contributed by atoms with Gasteiger partial charge in [-0.05, 0) is 25.4 Å². The molecule has 2 atom stereocenters. The lowest BCUT2D eigenvalue weighted by molar-refractivity contribution is 0.145. The highest BCUT2D eigenvalue weighted by Crippen LogP contribution is 2.25. The largest absolute Gasteiger partial charge is 0.386 e. The molecule has 0 aliphatic carbocycles. The molecule has 0 saturated heterocycles. The summed E-state index contributed by atoms with van der Waals surface area (Å²) in [7, 11) is 0. The second kappa shape index (κ2) is 3.61. The van der Waals surface area contributed by atoms with Crippen molar-refractivity contribution in [3.63, 3.8) is 0 Å². The molecule has 64 valence electrons. The third-order valence-electron chi connectivity index (χ3n) is 1.63. The fraction of sp³-hybridized carbons (Fsp3) is 0.571. The minimum absolute atomic E-state index is 0.411. The van der Waals surface area contributed by atoms with Gasteiger partial charge in [0.25, 0.3) is 0 Å². The van der Waals surface area contributed by atoms with Gasteiger partial charge in [0.1, 0.15) is 6.10 Å². The third-order valence-corrected chi connectivity index (χ3v) is 2.53. The number of hydrogen-bond donors (Lipinski definition) is 1. The Morgan fingerprint density at radius 2 is 2.33 bits per heavy atom. The van der Waals surface area contributed by atoms with E-state index in [2.05, 4.69) is 9.59 Å². The zero-order valence-electron chi connectivity index (χ0n) is 6.85. The quantitative estimate of drug-likeness (QED) is 0.743. The Morgan fingerprint density at radius 3 is 2.75 bits per heavy atom. The van der Waals surface area contributed by atoms with Gasteiger partial charge in [0.15, 0.2) is 0 Å². The van der Waals surface area contributed by atoms with E-state index in [9.17, 15) is 5.11 Å². The number of nitriles is 1. The molecule has 0 aliphatic heterocycles. The summed E-state index contributed by atoms with van der Waals surface area (Å²) in [4.78, 5) is 0.684. The van der Waals surface area contributed by atoms with Gasteiger partial charge in [-0.1, -0.05) is 4.49 Å². The normalized spacial score (nSPS) is 15.2. The number of aliphatic hydroxyl groups excluding tert-OH is 1. The van der Waals surface area contributed by atoms with Crippen LogP contribution in [-0.2, 0) is 0 Å². The first-order chi connectivity index (χ1) is 5.66. The molecule has 1 aromatic heterocycles. The summed E-state index contributed by atoms with van der Waals surface area (Å²) in [6, 6.07) is 1.98. The lowest BCUT2D eigenvalue weighted by Crippen LogP contribution is -2.06. The van der Waals surface area contributed by atoms with Crippen LogP contribution in [0.3, 0.4) is 0 Å². The maximum Gasteiger partial charge on any atom is 0.107 e. The van der Waals surface area contributed by atoms with Crippen molar-refractivity contribution in [3.8, 4) is 6.07 Å². The summed E-state index contributed by atoms with van der Waals surface area (Å²) in [5, 5.41) is 21.9. The van der Waals surface area contributed by atoms with Gasteiger partial charge in [-0.3, -0.25) is 0 Å². The predicted octanol–water partition coefficient (Wildman–Crippen LogP) is 1.04. The average Bonchev–Trinajstić information content (AvgIpc) is 2.48. The summed E-state index contributed by atoms with van der Waals surface area (Å²) in [6.45, 7) is 3.44. The van der Waals surface area contributed by atoms with Gasteiger partial charge >= 0.3 is 0 Å². The number of hydrogen-bond acceptors (Lipinski definition) is 5. The number of aryl methyl sites for hydroxylation is 1. The molecule has 1 aromatic rings. The Bertz CT molecular complexity index is 304. The van der Waals surface area contributed by atoms with Crippen LogP contribution >= 0.6 is 11.5 Å². The van der Waals surface area contributed by atoms with Gasteiger partial charge in [0, 0.05) is 0 Å². The Hall–Kier alpha value is -0.990. The Morgan fingerprint density at radius 1 is 1.67 bits per heavy atom. The molecule has 0 spiro atoms. The maximum absolute atomic E-state index is 9.57. The van der Waals surface area contributed by atoms with Crippen LogP contribution in [0, 0.1) is 24.2 Å². The van der Waals surface area contributed by atoms with E-state index in [-0.39, 0.29) is 0 Å². The minimum Gasteiger partial charge on any atom is -0.386 e. The SMILES string of the molecule is Cc1nnsc1C(O)C(C)C#N. The molecule has 1 N–H and O–H groups in total. The van der Waals surface area contributed by atoms with E-state index in [0.717, 1.165) is 11.5 Å². The molecular formula is C7H9N3OS. The summed E-state index contributed by atoms with van der Waals surface area (Å²) < 4.78 is 3.68. The lowest BCUT2D eigenvalue weighted by Gasteiger charge is -2.09. The van der Waals surface area contributed by atoms with E-state index in [1.807, 2.05) is 6.07 Å². The van der Waals surface area contributed by atoms with Crippen LogP contribution in [0.1, 0.15) is 23.6 Å². The van der Waals surface area contributed by atoms with Crippen molar-refractivity contribution in [2.75, 3.05) is 0 Å². The molecule has 12 heavy (non-hydrogen) atoms. The second-order valence-corrected chi connectivity index (χ2v) is 3.37. The highest BCUT2D eigenvalue weighted by Gasteiger charge is 2.20. The third kappa shape index (κ3) is 1.60. The summed E-state index contributed by atoms with van der Waals surface area (Å²) in [6.07, 6.45) is -0.755.